The zero-order valence-corrected chi connectivity index (χ0v) is 20.0. The van der Waals surface area contributed by atoms with Gasteiger partial charge < -0.3 is 15.4 Å². The molecule has 32 heavy (non-hydrogen) atoms. The molecule has 1 aliphatic rings. The highest BCUT2D eigenvalue weighted by Gasteiger charge is 2.43. The van der Waals surface area contributed by atoms with E-state index < -0.39 is 12.2 Å². The lowest BCUT2D eigenvalue weighted by Crippen LogP contribution is -2.61. The summed E-state index contributed by atoms with van der Waals surface area (Å²) in [6.07, 6.45) is -2.15. The average Bonchev–Trinajstić information content (AvgIpc) is 2.63. The lowest BCUT2D eigenvalue weighted by Gasteiger charge is -2.53. The standard InChI is InChI=1S/C21H26BrF4N5O/c1-19(2)9-13(10-20(3,4)31(19)5)28-17-15(23)11-27-18(30-17)29-12-6-7-16(14(22)8-12)32-21(24,25)26/h6-8,11,13H,9-10H2,1-5H3,(H2,27,28,29,30). The summed E-state index contributed by atoms with van der Waals surface area (Å²) in [6, 6.07) is 3.93. The molecule has 2 N–H and O–H groups in total. The van der Waals surface area contributed by atoms with Crippen LogP contribution >= 0.6 is 15.9 Å². The second-order valence-corrected chi connectivity index (χ2v) is 10.00. The second kappa shape index (κ2) is 8.66. The molecule has 2 heterocycles. The highest BCUT2D eigenvalue weighted by atomic mass is 79.9. The molecule has 0 unspecified atom stereocenters. The van der Waals surface area contributed by atoms with Gasteiger partial charge in [-0.3, -0.25) is 4.90 Å². The number of hydrogen-bond acceptors (Lipinski definition) is 6. The number of alkyl halides is 3. The fourth-order valence-electron chi connectivity index (χ4n) is 4.11. The fourth-order valence-corrected chi connectivity index (χ4v) is 4.57. The van der Waals surface area contributed by atoms with E-state index in [2.05, 4.69) is 80.9 Å². The Balaban J connectivity index is 1.76. The molecule has 1 saturated heterocycles. The first-order chi connectivity index (χ1) is 14.7. The lowest BCUT2D eigenvalue weighted by atomic mass is 9.77. The van der Waals surface area contributed by atoms with Gasteiger partial charge >= 0.3 is 6.36 Å². The number of benzene rings is 1. The monoisotopic (exact) mass is 519 g/mol. The maximum Gasteiger partial charge on any atom is 0.573 e. The van der Waals surface area contributed by atoms with Crippen molar-refractivity contribution in [3.8, 4) is 5.75 Å². The third-order valence-electron chi connectivity index (χ3n) is 5.81. The van der Waals surface area contributed by atoms with Crippen LogP contribution in [0.3, 0.4) is 0 Å². The Kier molecular flexibility index (Phi) is 6.63. The second-order valence-electron chi connectivity index (χ2n) is 9.14. The Morgan fingerprint density at radius 1 is 1.16 bits per heavy atom. The van der Waals surface area contributed by atoms with E-state index in [4.69, 9.17) is 0 Å². The molecule has 0 bridgehead atoms. The van der Waals surface area contributed by atoms with E-state index >= 15 is 0 Å². The molecule has 0 spiro atoms. The van der Waals surface area contributed by atoms with Crippen molar-refractivity contribution in [3.05, 3.63) is 34.7 Å². The van der Waals surface area contributed by atoms with Crippen LogP contribution in [0.2, 0.25) is 0 Å². The minimum Gasteiger partial charge on any atom is -0.405 e. The van der Waals surface area contributed by atoms with E-state index in [-0.39, 0.29) is 39.1 Å². The predicted molar refractivity (Wildman–Crippen MR) is 119 cm³/mol. The summed E-state index contributed by atoms with van der Waals surface area (Å²) in [6.45, 7) is 8.59. The normalized spacial score (nSPS) is 18.9. The number of aromatic nitrogens is 2. The Labute approximate surface area is 192 Å². The smallest absolute Gasteiger partial charge is 0.405 e. The van der Waals surface area contributed by atoms with Gasteiger partial charge in [-0.1, -0.05) is 0 Å². The Bertz CT molecular complexity index is 965. The summed E-state index contributed by atoms with van der Waals surface area (Å²) in [4.78, 5) is 10.5. The van der Waals surface area contributed by atoms with E-state index in [9.17, 15) is 17.6 Å². The summed E-state index contributed by atoms with van der Waals surface area (Å²) < 4.78 is 55.8. The van der Waals surface area contributed by atoms with Crippen LogP contribution in [0.15, 0.2) is 28.9 Å². The molecule has 0 aliphatic carbocycles. The van der Waals surface area contributed by atoms with Crippen LogP contribution < -0.4 is 15.4 Å². The third kappa shape index (κ3) is 5.80. The molecule has 176 valence electrons. The van der Waals surface area contributed by atoms with Crippen molar-refractivity contribution in [2.45, 2.75) is 64.0 Å². The highest BCUT2D eigenvalue weighted by Crippen LogP contribution is 2.38. The van der Waals surface area contributed by atoms with Gasteiger partial charge in [0.2, 0.25) is 5.95 Å². The molecular weight excluding hydrogens is 494 g/mol. The average molecular weight is 520 g/mol. The van der Waals surface area contributed by atoms with Crippen LogP contribution in [-0.4, -0.2) is 45.4 Å². The molecule has 0 radical (unpaired) electrons. The summed E-state index contributed by atoms with van der Waals surface area (Å²) in [7, 11) is 2.09. The Morgan fingerprint density at radius 3 is 2.34 bits per heavy atom. The van der Waals surface area contributed by atoms with Gasteiger partial charge in [-0.15, -0.1) is 13.2 Å². The number of nitrogens with zero attached hydrogens (tertiary/aromatic N) is 3. The SMILES string of the molecule is CN1C(C)(C)CC(Nc2nc(Nc3ccc(OC(F)(F)F)c(Br)c3)ncc2F)CC1(C)C. The fraction of sp³-hybridized carbons (Fsp3) is 0.524. The topological polar surface area (TPSA) is 62.3 Å². The maximum absolute atomic E-state index is 14.4. The first-order valence-corrected chi connectivity index (χ1v) is 10.8. The van der Waals surface area contributed by atoms with Crippen LogP contribution in [0.4, 0.5) is 35.0 Å². The van der Waals surface area contributed by atoms with Crippen LogP contribution in [0.1, 0.15) is 40.5 Å². The van der Waals surface area contributed by atoms with Gasteiger partial charge in [0.15, 0.2) is 11.6 Å². The number of anilines is 3. The molecule has 0 atom stereocenters. The molecule has 3 rings (SSSR count). The van der Waals surface area contributed by atoms with Crippen LogP contribution in [0.5, 0.6) is 5.75 Å². The van der Waals surface area contributed by atoms with Crippen LogP contribution in [0.25, 0.3) is 0 Å². The van der Waals surface area contributed by atoms with Crippen LogP contribution in [-0.2, 0) is 0 Å². The molecule has 11 heteroatoms. The number of ether oxygens (including phenoxy) is 1. The first kappa shape index (κ1) is 24.5. The largest absolute Gasteiger partial charge is 0.573 e. The summed E-state index contributed by atoms with van der Waals surface area (Å²) in [5.41, 5.74) is 0.234. The Morgan fingerprint density at radius 2 is 1.78 bits per heavy atom. The van der Waals surface area contributed by atoms with Crippen molar-refractivity contribution in [2.75, 3.05) is 17.7 Å². The van der Waals surface area contributed by atoms with Crippen molar-refractivity contribution < 1.29 is 22.3 Å². The van der Waals surface area contributed by atoms with Gasteiger partial charge in [0.05, 0.1) is 10.7 Å². The van der Waals surface area contributed by atoms with Gasteiger partial charge in [0.1, 0.15) is 5.75 Å². The van der Waals surface area contributed by atoms with E-state index in [1.807, 2.05) is 0 Å². The molecule has 1 aromatic carbocycles. The van der Waals surface area contributed by atoms with Gasteiger partial charge in [-0.25, -0.2) is 9.37 Å². The number of hydrogen-bond donors (Lipinski definition) is 2. The van der Waals surface area contributed by atoms with E-state index in [0.717, 1.165) is 25.1 Å². The molecule has 6 nitrogen and oxygen atoms in total. The maximum atomic E-state index is 14.4. The molecule has 0 saturated carbocycles. The van der Waals surface area contributed by atoms with Gasteiger partial charge in [-0.2, -0.15) is 4.98 Å². The number of rotatable bonds is 5. The molecular formula is C21H26BrF4N5O. The van der Waals surface area contributed by atoms with Crippen molar-refractivity contribution >= 4 is 33.4 Å². The predicted octanol–water partition coefficient (Wildman–Crippen LogP) is 6.08. The van der Waals surface area contributed by atoms with Crippen molar-refractivity contribution in [3.63, 3.8) is 0 Å². The lowest BCUT2D eigenvalue weighted by molar-refractivity contribution is -0.274. The van der Waals surface area contributed by atoms with E-state index in [1.165, 1.54) is 12.1 Å². The van der Waals surface area contributed by atoms with Gasteiger partial charge in [-0.05, 0) is 81.7 Å². The van der Waals surface area contributed by atoms with Crippen molar-refractivity contribution in [1.82, 2.24) is 14.9 Å². The number of piperidine rings is 1. The zero-order chi connectivity index (χ0) is 23.9. The van der Waals surface area contributed by atoms with Gasteiger partial charge in [0.25, 0.3) is 0 Å². The minimum atomic E-state index is -4.80. The molecule has 1 aliphatic heterocycles. The summed E-state index contributed by atoms with van der Waals surface area (Å²) in [5, 5.41) is 6.08. The summed E-state index contributed by atoms with van der Waals surface area (Å²) >= 11 is 3.05. The molecule has 2 aromatic rings. The van der Waals surface area contributed by atoms with E-state index in [0.29, 0.717) is 5.69 Å². The third-order valence-corrected chi connectivity index (χ3v) is 6.43. The zero-order valence-electron chi connectivity index (χ0n) is 18.4. The molecule has 1 aromatic heterocycles. The van der Waals surface area contributed by atoms with Gasteiger partial charge in [0, 0.05) is 22.8 Å². The summed E-state index contributed by atoms with van der Waals surface area (Å²) in [5.74, 6) is -0.783. The quantitative estimate of drug-likeness (QED) is 0.466. The number of likely N-dealkylation sites (tertiary alicyclic amines) is 1. The number of halogens is 5. The molecule has 1 fully saturated rings. The first-order valence-electron chi connectivity index (χ1n) is 10.0. The van der Waals surface area contributed by atoms with Crippen molar-refractivity contribution in [1.29, 1.82) is 0 Å². The number of nitrogens with one attached hydrogen (secondary N) is 2. The van der Waals surface area contributed by atoms with Crippen molar-refractivity contribution in [2.24, 2.45) is 0 Å². The minimum absolute atomic E-state index is 0.00129. The highest BCUT2D eigenvalue weighted by molar-refractivity contribution is 9.10. The Hall–Kier alpha value is -2.14. The van der Waals surface area contributed by atoms with E-state index in [1.54, 1.807) is 0 Å². The molecule has 0 amide bonds. The van der Waals surface area contributed by atoms with Crippen LogP contribution in [0, 0.1) is 5.82 Å².